The number of para-hydroxylation sites is 1. The van der Waals surface area contributed by atoms with Gasteiger partial charge in [0.15, 0.2) is 0 Å². The van der Waals surface area contributed by atoms with Crippen LogP contribution >= 0.6 is 0 Å². The molecule has 102 valence electrons. The molecule has 0 saturated carbocycles. The first kappa shape index (κ1) is 12.7. The minimum atomic E-state index is 0.138. The number of fused-ring (bicyclic) bond motifs is 1. The molecule has 1 fully saturated rings. The molecule has 0 radical (unpaired) electrons. The summed E-state index contributed by atoms with van der Waals surface area (Å²) in [6.07, 6.45) is 0.257. The van der Waals surface area contributed by atoms with Crippen molar-refractivity contribution >= 4 is 11.0 Å². The van der Waals surface area contributed by atoms with Gasteiger partial charge >= 0.3 is 0 Å². The monoisotopic (exact) mass is 260 g/mol. The molecular formula is C15H20N2O2. The lowest BCUT2D eigenvalue weighted by atomic mass is 10.1. The fourth-order valence-corrected chi connectivity index (χ4v) is 2.74. The first-order valence-electron chi connectivity index (χ1n) is 6.82. The molecule has 1 aliphatic heterocycles. The highest BCUT2D eigenvalue weighted by molar-refractivity contribution is 5.77. The van der Waals surface area contributed by atoms with Crippen molar-refractivity contribution in [3.05, 3.63) is 36.1 Å². The number of nitrogens with zero attached hydrogens (tertiary/aromatic N) is 1. The molecule has 0 spiro atoms. The lowest BCUT2D eigenvalue weighted by Crippen LogP contribution is -2.45. The van der Waals surface area contributed by atoms with Gasteiger partial charge in [-0.3, -0.25) is 4.90 Å². The highest BCUT2D eigenvalue weighted by atomic mass is 16.5. The molecule has 2 N–H and O–H groups in total. The van der Waals surface area contributed by atoms with E-state index in [-0.39, 0.29) is 12.1 Å². The van der Waals surface area contributed by atoms with Crippen LogP contribution in [0.15, 0.2) is 34.7 Å². The number of hydrogen-bond donors (Lipinski definition) is 1. The van der Waals surface area contributed by atoms with E-state index < -0.39 is 0 Å². The molecule has 2 unspecified atom stereocenters. The van der Waals surface area contributed by atoms with Crippen molar-refractivity contribution in [3.63, 3.8) is 0 Å². The van der Waals surface area contributed by atoms with Gasteiger partial charge in [0.1, 0.15) is 11.3 Å². The van der Waals surface area contributed by atoms with E-state index in [2.05, 4.69) is 24.0 Å². The molecule has 0 amide bonds. The van der Waals surface area contributed by atoms with Gasteiger partial charge in [-0.15, -0.1) is 0 Å². The van der Waals surface area contributed by atoms with E-state index in [1.54, 1.807) is 0 Å². The number of hydrogen-bond acceptors (Lipinski definition) is 4. The average Bonchev–Trinajstić information content (AvgIpc) is 2.83. The van der Waals surface area contributed by atoms with Gasteiger partial charge in [-0.25, -0.2) is 0 Å². The molecule has 19 heavy (non-hydrogen) atoms. The summed E-state index contributed by atoms with van der Waals surface area (Å²) in [5.41, 5.74) is 6.89. The zero-order valence-electron chi connectivity index (χ0n) is 11.2. The topological polar surface area (TPSA) is 51.6 Å². The second-order valence-corrected chi connectivity index (χ2v) is 5.11. The second kappa shape index (κ2) is 5.33. The van der Waals surface area contributed by atoms with Crippen LogP contribution in [0.3, 0.4) is 0 Å². The first-order chi connectivity index (χ1) is 9.28. The predicted molar refractivity (Wildman–Crippen MR) is 75.0 cm³/mol. The summed E-state index contributed by atoms with van der Waals surface area (Å²) >= 11 is 0. The molecule has 1 aromatic heterocycles. The van der Waals surface area contributed by atoms with Crippen molar-refractivity contribution in [2.24, 2.45) is 5.73 Å². The minimum Gasteiger partial charge on any atom is -0.459 e. The minimum absolute atomic E-state index is 0.138. The molecule has 0 aliphatic carbocycles. The fourth-order valence-electron chi connectivity index (χ4n) is 2.74. The molecule has 0 bridgehead atoms. The predicted octanol–water partition coefficient (Wildman–Crippen LogP) is 2.15. The lowest BCUT2D eigenvalue weighted by Gasteiger charge is -2.35. The molecular weight excluding hydrogens is 240 g/mol. The largest absolute Gasteiger partial charge is 0.459 e. The summed E-state index contributed by atoms with van der Waals surface area (Å²) in [6, 6.07) is 10.3. The zero-order valence-corrected chi connectivity index (χ0v) is 11.2. The Balaban J connectivity index is 1.88. The molecule has 3 rings (SSSR count). The van der Waals surface area contributed by atoms with Gasteiger partial charge in [-0.2, -0.15) is 0 Å². The average molecular weight is 260 g/mol. The summed E-state index contributed by atoms with van der Waals surface area (Å²) in [5.74, 6) is 0.956. The maximum atomic E-state index is 5.96. The van der Waals surface area contributed by atoms with E-state index in [1.807, 2.05) is 18.2 Å². The van der Waals surface area contributed by atoms with Crippen LogP contribution in [-0.2, 0) is 4.74 Å². The molecule has 2 aromatic rings. The molecule has 1 aliphatic rings. The molecule has 4 heteroatoms. The second-order valence-electron chi connectivity index (χ2n) is 5.11. The Morgan fingerprint density at radius 1 is 1.42 bits per heavy atom. The summed E-state index contributed by atoms with van der Waals surface area (Å²) in [6.45, 7) is 5.23. The van der Waals surface area contributed by atoms with Crippen LogP contribution in [0, 0.1) is 0 Å². The Kier molecular flexibility index (Phi) is 3.55. The van der Waals surface area contributed by atoms with E-state index in [1.165, 1.54) is 0 Å². The quantitative estimate of drug-likeness (QED) is 0.918. The van der Waals surface area contributed by atoms with Crippen molar-refractivity contribution < 1.29 is 9.15 Å². The summed E-state index contributed by atoms with van der Waals surface area (Å²) in [5, 5.41) is 1.14. The third kappa shape index (κ3) is 2.52. The Bertz CT molecular complexity index is 519. The maximum absolute atomic E-state index is 5.96. The normalized spacial score (nSPS) is 22.7. The van der Waals surface area contributed by atoms with Crippen molar-refractivity contribution in [2.45, 2.75) is 19.1 Å². The highest BCUT2D eigenvalue weighted by Crippen LogP contribution is 2.28. The van der Waals surface area contributed by atoms with Gasteiger partial charge in [-0.1, -0.05) is 18.2 Å². The zero-order chi connectivity index (χ0) is 13.2. The fraction of sp³-hybridized carbons (Fsp3) is 0.467. The third-order valence-electron chi connectivity index (χ3n) is 3.71. The third-order valence-corrected chi connectivity index (χ3v) is 3.71. The van der Waals surface area contributed by atoms with Gasteiger partial charge in [-0.05, 0) is 19.1 Å². The maximum Gasteiger partial charge on any atom is 0.134 e. The number of furan rings is 1. The van der Waals surface area contributed by atoms with Crippen LogP contribution in [-0.4, -0.2) is 37.2 Å². The lowest BCUT2D eigenvalue weighted by molar-refractivity contribution is -0.0359. The van der Waals surface area contributed by atoms with Gasteiger partial charge < -0.3 is 14.9 Å². The van der Waals surface area contributed by atoms with Crippen molar-refractivity contribution in [3.8, 4) is 0 Å². The summed E-state index contributed by atoms with van der Waals surface area (Å²) in [7, 11) is 0. The van der Waals surface area contributed by atoms with Crippen LogP contribution in [0.25, 0.3) is 11.0 Å². The van der Waals surface area contributed by atoms with E-state index >= 15 is 0 Å². The van der Waals surface area contributed by atoms with Gasteiger partial charge in [0, 0.05) is 25.0 Å². The van der Waals surface area contributed by atoms with Crippen molar-refractivity contribution in [1.29, 1.82) is 0 Å². The molecule has 1 saturated heterocycles. The molecule has 2 atom stereocenters. The van der Waals surface area contributed by atoms with E-state index in [9.17, 15) is 0 Å². The van der Waals surface area contributed by atoms with Crippen molar-refractivity contribution in [2.75, 3.05) is 26.2 Å². The number of ether oxygens (including phenoxy) is 1. The highest BCUT2D eigenvalue weighted by Gasteiger charge is 2.26. The Morgan fingerprint density at radius 3 is 3.00 bits per heavy atom. The van der Waals surface area contributed by atoms with Gasteiger partial charge in [0.05, 0.1) is 18.8 Å². The molecule has 2 heterocycles. The van der Waals surface area contributed by atoms with Crippen LogP contribution in [0.1, 0.15) is 18.7 Å². The number of rotatable bonds is 3. The van der Waals surface area contributed by atoms with E-state index in [0.717, 1.165) is 36.4 Å². The first-order valence-corrected chi connectivity index (χ1v) is 6.82. The van der Waals surface area contributed by atoms with Crippen LogP contribution in [0.4, 0.5) is 0 Å². The summed E-state index contributed by atoms with van der Waals surface area (Å²) in [4.78, 5) is 2.35. The number of morpholine rings is 1. The van der Waals surface area contributed by atoms with Gasteiger partial charge in [0.2, 0.25) is 0 Å². The standard InChI is InChI=1S/C15H20N2O2/c1-11-10-17(6-7-18-11)13(9-16)15-8-12-4-2-3-5-14(12)19-15/h2-5,8,11,13H,6-7,9-10,16H2,1H3. The summed E-state index contributed by atoms with van der Waals surface area (Å²) < 4.78 is 11.5. The van der Waals surface area contributed by atoms with E-state index in [0.29, 0.717) is 6.54 Å². The smallest absolute Gasteiger partial charge is 0.134 e. The molecule has 4 nitrogen and oxygen atoms in total. The molecule has 1 aromatic carbocycles. The SMILES string of the molecule is CC1CN(C(CN)c2cc3ccccc3o2)CCO1. The number of nitrogens with two attached hydrogens (primary N) is 1. The van der Waals surface area contributed by atoms with Gasteiger partial charge in [0.25, 0.3) is 0 Å². The van der Waals surface area contributed by atoms with Crippen LogP contribution < -0.4 is 5.73 Å². The van der Waals surface area contributed by atoms with Crippen LogP contribution in [0.5, 0.6) is 0 Å². The van der Waals surface area contributed by atoms with E-state index in [4.69, 9.17) is 14.9 Å². The Morgan fingerprint density at radius 2 is 2.26 bits per heavy atom. The van der Waals surface area contributed by atoms with Crippen LogP contribution in [0.2, 0.25) is 0 Å². The van der Waals surface area contributed by atoms with Crippen molar-refractivity contribution in [1.82, 2.24) is 4.90 Å². The number of benzene rings is 1. The Labute approximate surface area is 113 Å². The Hall–Kier alpha value is -1.36.